The Morgan fingerprint density at radius 1 is 0.750 bits per heavy atom. The zero-order chi connectivity index (χ0) is 19.5. The van der Waals surface area contributed by atoms with Gasteiger partial charge in [-0.15, -0.1) is 0 Å². The topological polar surface area (TPSA) is 35.5 Å². The van der Waals surface area contributed by atoms with Gasteiger partial charge in [0.15, 0.2) is 17.3 Å². The molecule has 4 aromatic carbocycles. The Morgan fingerprint density at radius 2 is 1.36 bits per heavy atom. The second kappa shape index (κ2) is 7.57. The minimum Gasteiger partial charge on any atom is -0.493 e. The molecule has 3 heteroatoms. The molecule has 4 rings (SSSR count). The van der Waals surface area contributed by atoms with Crippen LogP contribution in [-0.2, 0) is 0 Å². The summed E-state index contributed by atoms with van der Waals surface area (Å²) in [5.74, 6) is 1.05. The van der Waals surface area contributed by atoms with Gasteiger partial charge in [-0.25, -0.2) is 0 Å². The number of carbonyl (C=O) groups is 1. The standard InChI is InChI=1S/C25H20O3/c1-27-24-14-11-19(16-25(24)28-2)23(26)13-12-22-20-9-5-3-7-17(20)15-18-8-4-6-10-21(18)22/h3-16H,1-2H3/b13-12+. The van der Waals surface area contributed by atoms with E-state index in [4.69, 9.17) is 9.47 Å². The fraction of sp³-hybridized carbons (Fsp3) is 0.0800. The molecule has 0 aromatic heterocycles. The van der Waals surface area contributed by atoms with Crippen molar-refractivity contribution in [1.29, 1.82) is 0 Å². The summed E-state index contributed by atoms with van der Waals surface area (Å²) in [5, 5.41) is 4.55. The van der Waals surface area contributed by atoms with E-state index in [1.165, 1.54) is 0 Å². The number of rotatable bonds is 5. The molecule has 0 spiro atoms. The molecular weight excluding hydrogens is 348 g/mol. The first-order chi connectivity index (χ1) is 13.7. The Morgan fingerprint density at radius 3 is 1.96 bits per heavy atom. The van der Waals surface area contributed by atoms with Gasteiger partial charge in [0, 0.05) is 5.56 Å². The summed E-state index contributed by atoms with van der Waals surface area (Å²) in [5.41, 5.74) is 1.60. The van der Waals surface area contributed by atoms with Gasteiger partial charge in [-0.2, -0.15) is 0 Å². The lowest BCUT2D eigenvalue weighted by Crippen LogP contribution is -1.97. The van der Waals surface area contributed by atoms with Crippen LogP contribution in [0.1, 0.15) is 15.9 Å². The van der Waals surface area contributed by atoms with E-state index in [-0.39, 0.29) is 5.78 Å². The lowest BCUT2D eigenvalue weighted by molar-refractivity contribution is 0.104. The highest BCUT2D eigenvalue weighted by molar-refractivity contribution is 6.12. The SMILES string of the molecule is COc1ccc(C(=O)/C=C/c2c3ccccc3cc3ccccc23)cc1OC. The lowest BCUT2D eigenvalue weighted by atomic mass is 9.96. The predicted octanol–water partition coefficient (Wildman–Crippen LogP) is 5.91. The van der Waals surface area contributed by atoms with Gasteiger partial charge in [0.2, 0.25) is 0 Å². The van der Waals surface area contributed by atoms with Crippen molar-refractivity contribution in [3.8, 4) is 11.5 Å². The van der Waals surface area contributed by atoms with E-state index < -0.39 is 0 Å². The quantitative estimate of drug-likeness (QED) is 0.250. The molecular formula is C25H20O3. The van der Waals surface area contributed by atoms with E-state index in [1.807, 2.05) is 30.3 Å². The van der Waals surface area contributed by atoms with Crippen molar-refractivity contribution in [3.05, 3.63) is 90.0 Å². The molecule has 0 N–H and O–H groups in total. The molecule has 0 radical (unpaired) electrons. The summed E-state index contributed by atoms with van der Waals surface area (Å²) in [6.07, 6.45) is 3.53. The van der Waals surface area contributed by atoms with Crippen LogP contribution in [0.15, 0.2) is 78.9 Å². The highest BCUT2D eigenvalue weighted by Crippen LogP contribution is 2.30. The third kappa shape index (κ3) is 3.23. The smallest absolute Gasteiger partial charge is 0.185 e. The largest absolute Gasteiger partial charge is 0.493 e. The fourth-order valence-electron chi connectivity index (χ4n) is 3.47. The van der Waals surface area contributed by atoms with Crippen molar-refractivity contribution >= 4 is 33.4 Å². The maximum Gasteiger partial charge on any atom is 0.185 e. The number of fused-ring (bicyclic) bond motifs is 2. The summed E-state index contributed by atoms with van der Waals surface area (Å²) in [7, 11) is 3.13. The van der Waals surface area contributed by atoms with Gasteiger partial charge < -0.3 is 9.47 Å². The van der Waals surface area contributed by atoms with Gasteiger partial charge in [0.25, 0.3) is 0 Å². The molecule has 0 fully saturated rings. The second-order valence-corrected chi connectivity index (χ2v) is 6.50. The van der Waals surface area contributed by atoms with Crippen LogP contribution in [-0.4, -0.2) is 20.0 Å². The highest BCUT2D eigenvalue weighted by Gasteiger charge is 2.10. The molecule has 0 amide bonds. The first-order valence-electron chi connectivity index (χ1n) is 9.06. The van der Waals surface area contributed by atoms with Gasteiger partial charge in [-0.1, -0.05) is 48.5 Å². The average Bonchev–Trinajstić information content (AvgIpc) is 2.75. The van der Waals surface area contributed by atoms with Crippen molar-refractivity contribution in [3.63, 3.8) is 0 Å². The summed E-state index contributed by atoms with van der Waals surface area (Å²) in [6, 6.07) is 23.8. The fourth-order valence-corrected chi connectivity index (χ4v) is 3.47. The summed E-state index contributed by atoms with van der Waals surface area (Å²) in [4.78, 5) is 12.8. The molecule has 0 heterocycles. The zero-order valence-electron chi connectivity index (χ0n) is 15.8. The minimum atomic E-state index is -0.0852. The van der Waals surface area contributed by atoms with Crippen LogP contribution in [0.5, 0.6) is 11.5 Å². The van der Waals surface area contributed by atoms with Crippen LogP contribution in [0.25, 0.3) is 27.6 Å². The third-order valence-electron chi connectivity index (χ3n) is 4.88. The maximum absolute atomic E-state index is 12.8. The first kappa shape index (κ1) is 17.8. The molecule has 3 nitrogen and oxygen atoms in total. The van der Waals surface area contributed by atoms with Gasteiger partial charge in [-0.3, -0.25) is 4.79 Å². The van der Waals surface area contributed by atoms with Gasteiger partial charge >= 0.3 is 0 Å². The van der Waals surface area contributed by atoms with E-state index in [9.17, 15) is 4.79 Å². The van der Waals surface area contributed by atoms with E-state index >= 15 is 0 Å². The Hall–Kier alpha value is -3.59. The average molecular weight is 368 g/mol. The van der Waals surface area contributed by atoms with E-state index in [0.29, 0.717) is 17.1 Å². The number of allylic oxidation sites excluding steroid dienone is 1. The summed E-state index contributed by atoms with van der Waals surface area (Å²) < 4.78 is 10.5. The normalized spacial score (nSPS) is 11.2. The van der Waals surface area contributed by atoms with E-state index in [1.54, 1.807) is 38.5 Å². The van der Waals surface area contributed by atoms with Crippen molar-refractivity contribution < 1.29 is 14.3 Å². The maximum atomic E-state index is 12.8. The van der Waals surface area contributed by atoms with Crippen LogP contribution in [0, 0.1) is 0 Å². The van der Waals surface area contributed by atoms with Crippen molar-refractivity contribution in [2.75, 3.05) is 14.2 Å². The highest BCUT2D eigenvalue weighted by atomic mass is 16.5. The Labute approximate surface area is 163 Å². The van der Waals surface area contributed by atoms with Gasteiger partial charge in [-0.05, 0) is 63.5 Å². The Balaban J connectivity index is 1.78. The van der Waals surface area contributed by atoms with Crippen LogP contribution in [0.4, 0.5) is 0 Å². The second-order valence-electron chi connectivity index (χ2n) is 6.50. The van der Waals surface area contributed by atoms with Crippen LogP contribution in [0.2, 0.25) is 0 Å². The number of hydrogen-bond donors (Lipinski definition) is 0. The Bertz CT molecular complexity index is 1150. The summed E-state index contributed by atoms with van der Waals surface area (Å²) in [6.45, 7) is 0. The molecule has 138 valence electrons. The van der Waals surface area contributed by atoms with Crippen molar-refractivity contribution in [1.82, 2.24) is 0 Å². The summed E-state index contributed by atoms with van der Waals surface area (Å²) >= 11 is 0. The molecule has 0 saturated carbocycles. The molecule has 4 aromatic rings. The molecule has 0 bridgehead atoms. The Kier molecular flexibility index (Phi) is 4.81. The predicted molar refractivity (Wildman–Crippen MR) is 114 cm³/mol. The molecule has 0 aliphatic carbocycles. The molecule has 0 aliphatic rings. The molecule has 0 saturated heterocycles. The number of methoxy groups -OCH3 is 2. The molecule has 28 heavy (non-hydrogen) atoms. The first-order valence-corrected chi connectivity index (χ1v) is 9.06. The van der Waals surface area contributed by atoms with Gasteiger partial charge in [0.05, 0.1) is 14.2 Å². The monoisotopic (exact) mass is 368 g/mol. The van der Waals surface area contributed by atoms with E-state index in [0.717, 1.165) is 27.1 Å². The van der Waals surface area contributed by atoms with Gasteiger partial charge in [0.1, 0.15) is 0 Å². The minimum absolute atomic E-state index is 0.0852. The van der Waals surface area contributed by atoms with Crippen LogP contribution in [0.3, 0.4) is 0 Å². The van der Waals surface area contributed by atoms with Crippen LogP contribution >= 0.6 is 0 Å². The zero-order valence-corrected chi connectivity index (χ0v) is 15.8. The molecule has 0 aliphatic heterocycles. The number of ketones is 1. The van der Waals surface area contributed by atoms with Crippen LogP contribution < -0.4 is 9.47 Å². The van der Waals surface area contributed by atoms with Crippen molar-refractivity contribution in [2.24, 2.45) is 0 Å². The number of hydrogen-bond acceptors (Lipinski definition) is 3. The number of carbonyl (C=O) groups excluding carboxylic acids is 1. The lowest BCUT2D eigenvalue weighted by Gasteiger charge is -2.09. The van der Waals surface area contributed by atoms with E-state index in [2.05, 4.69) is 30.3 Å². The molecule has 0 atom stereocenters. The number of ether oxygens (including phenoxy) is 2. The molecule has 0 unspecified atom stereocenters. The number of benzene rings is 4. The van der Waals surface area contributed by atoms with Crippen molar-refractivity contribution in [2.45, 2.75) is 0 Å². The third-order valence-corrected chi connectivity index (χ3v) is 4.88.